The zero-order valence-electron chi connectivity index (χ0n) is 10.9. The largest absolute Gasteiger partial charge is 0.305 e. The van der Waals surface area contributed by atoms with Gasteiger partial charge in [-0.15, -0.1) is 0 Å². The number of likely N-dealkylation sites (tertiary alicyclic amines) is 1. The van der Waals surface area contributed by atoms with Crippen molar-refractivity contribution in [2.75, 3.05) is 27.2 Å². The van der Waals surface area contributed by atoms with Gasteiger partial charge in [0.15, 0.2) is 0 Å². The molecular weight excluding hydrogens is 246 g/mol. The highest BCUT2D eigenvalue weighted by Gasteiger charge is 2.24. The molecule has 0 amide bonds. The second-order valence-electron chi connectivity index (χ2n) is 5.06. The maximum atomic E-state index is 8.81. The van der Waals surface area contributed by atoms with Gasteiger partial charge in [-0.05, 0) is 38.2 Å². The van der Waals surface area contributed by atoms with E-state index in [4.69, 9.17) is 16.9 Å². The number of hydrogen-bond donors (Lipinski definition) is 0. The van der Waals surface area contributed by atoms with Crippen LogP contribution in [0.3, 0.4) is 0 Å². The molecule has 0 N–H and O–H groups in total. The van der Waals surface area contributed by atoms with E-state index in [1.807, 2.05) is 12.1 Å². The first-order valence-corrected chi connectivity index (χ1v) is 6.55. The minimum atomic E-state index is 0.622. The highest BCUT2D eigenvalue weighted by molar-refractivity contribution is 6.31. The Labute approximate surface area is 114 Å². The zero-order chi connectivity index (χ0) is 13.1. The van der Waals surface area contributed by atoms with Crippen molar-refractivity contribution in [1.29, 1.82) is 5.26 Å². The van der Waals surface area contributed by atoms with Crippen molar-refractivity contribution in [3.8, 4) is 6.07 Å². The molecule has 1 unspecified atom stereocenters. The van der Waals surface area contributed by atoms with Crippen LogP contribution in [0.25, 0.3) is 0 Å². The van der Waals surface area contributed by atoms with Crippen LogP contribution in [0.15, 0.2) is 18.2 Å². The SMILES string of the molecule is CN(C)C1CCN(Cc2ccc(C#N)cc2Cl)C1. The number of halogens is 1. The van der Waals surface area contributed by atoms with Crippen LogP contribution >= 0.6 is 11.6 Å². The molecule has 1 heterocycles. The molecule has 1 aromatic carbocycles. The van der Waals surface area contributed by atoms with E-state index >= 15 is 0 Å². The van der Waals surface area contributed by atoms with E-state index in [0.29, 0.717) is 16.6 Å². The van der Waals surface area contributed by atoms with E-state index in [1.54, 1.807) is 6.07 Å². The minimum absolute atomic E-state index is 0.622. The molecule has 1 atom stereocenters. The molecule has 1 fully saturated rings. The van der Waals surface area contributed by atoms with Crippen LogP contribution in [0.4, 0.5) is 0 Å². The Bertz CT molecular complexity index is 465. The number of nitriles is 1. The Morgan fingerprint density at radius 3 is 2.83 bits per heavy atom. The van der Waals surface area contributed by atoms with Crippen molar-refractivity contribution in [2.24, 2.45) is 0 Å². The molecule has 2 rings (SSSR count). The fraction of sp³-hybridized carbons (Fsp3) is 0.500. The van der Waals surface area contributed by atoms with Crippen molar-refractivity contribution < 1.29 is 0 Å². The van der Waals surface area contributed by atoms with E-state index in [9.17, 15) is 0 Å². The van der Waals surface area contributed by atoms with Gasteiger partial charge in [-0.2, -0.15) is 5.26 Å². The van der Waals surface area contributed by atoms with E-state index in [0.717, 1.165) is 25.2 Å². The molecule has 1 aliphatic rings. The summed E-state index contributed by atoms with van der Waals surface area (Å²) >= 11 is 6.20. The average molecular weight is 264 g/mol. The molecule has 1 saturated heterocycles. The van der Waals surface area contributed by atoms with Crippen LogP contribution in [0.2, 0.25) is 5.02 Å². The summed E-state index contributed by atoms with van der Waals surface area (Å²) in [5, 5.41) is 9.51. The fourth-order valence-electron chi connectivity index (χ4n) is 2.36. The molecule has 1 aromatic rings. The maximum Gasteiger partial charge on any atom is 0.0992 e. The standard InChI is InChI=1S/C14H18ClN3/c1-17(2)13-5-6-18(10-13)9-12-4-3-11(8-16)7-14(12)15/h3-4,7,13H,5-6,9-10H2,1-2H3. The molecule has 1 aliphatic heterocycles. The summed E-state index contributed by atoms with van der Waals surface area (Å²) in [6, 6.07) is 8.29. The van der Waals surface area contributed by atoms with E-state index in [1.165, 1.54) is 6.42 Å². The maximum absolute atomic E-state index is 8.81. The third-order valence-electron chi connectivity index (χ3n) is 3.55. The van der Waals surface area contributed by atoms with E-state index in [-0.39, 0.29) is 0 Å². The molecule has 3 nitrogen and oxygen atoms in total. The topological polar surface area (TPSA) is 30.3 Å². The van der Waals surface area contributed by atoms with Crippen LogP contribution < -0.4 is 0 Å². The lowest BCUT2D eigenvalue weighted by Crippen LogP contribution is -2.31. The molecule has 0 bridgehead atoms. The molecular formula is C14H18ClN3. The molecule has 18 heavy (non-hydrogen) atoms. The number of likely N-dealkylation sites (N-methyl/N-ethyl adjacent to an activating group) is 1. The average Bonchev–Trinajstić information content (AvgIpc) is 2.80. The highest BCUT2D eigenvalue weighted by Crippen LogP contribution is 2.22. The summed E-state index contributed by atoms with van der Waals surface area (Å²) < 4.78 is 0. The smallest absolute Gasteiger partial charge is 0.0992 e. The zero-order valence-corrected chi connectivity index (χ0v) is 11.6. The second kappa shape index (κ2) is 5.71. The molecule has 0 aromatic heterocycles. The van der Waals surface area contributed by atoms with Gasteiger partial charge < -0.3 is 4.90 Å². The van der Waals surface area contributed by atoms with Gasteiger partial charge in [0.25, 0.3) is 0 Å². The first-order valence-electron chi connectivity index (χ1n) is 6.17. The predicted molar refractivity (Wildman–Crippen MR) is 73.5 cm³/mol. The van der Waals surface area contributed by atoms with Gasteiger partial charge in [-0.3, -0.25) is 4.90 Å². The van der Waals surface area contributed by atoms with Crippen LogP contribution in [0, 0.1) is 11.3 Å². The number of hydrogen-bond acceptors (Lipinski definition) is 3. The summed E-state index contributed by atoms with van der Waals surface area (Å²) in [6.45, 7) is 3.07. The van der Waals surface area contributed by atoms with Gasteiger partial charge in [0.05, 0.1) is 11.6 Å². The lowest BCUT2D eigenvalue weighted by molar-refractivity contribution is 0.265. The van der Waals surface area contributed by atoms with Gasteiger partial charge in [0, 0.05) is 30.7 Å². The molecule has 96 valence electrons. The monoisotopic (exact) mass is 263 g/mol. The molecule has 4 heteroatoms. The number of benzene rings is 1. The van der Waals surface area contributed by atoms with Crippen molar-refractivity contribution in [3.05, 3.63) is 34.3 Å². The lowest BCUT2D eigenvalue weighted by Gasteiger charge is -2.20. The molecule has 0 saturated carbocycles. The fourth-order valence-corrected chi connectivity index (χ4v) is 2.60. The number of nitrogens with zero attached hydrogens (tertiary/aromatic N) is 3. The van der Waals surface area contributed by atoms with Gasteiger partial charge in [0.2, 0.25) is 0 Å². The Hall–Kier alpha value is -1.08. The first kappa shape index (κ1) is 13.4. The second-order valence-corrected chi connectivity index (χ2v) is 5.47. The van der Waals surface area contributed by atoms with Gasteiger partial charge in [-0.25, -0.2) is 0 Å². The summed E-state index contributed by atoms with van der Waals surface area (Å²) in [4.78, 5) is 4.69. The summed E-state index contributed by atoms with van der Waals surface area (Å²) in [7, 11) is 4.26. The quantitative estimate of drug-likeness (QED) is 0.839. The van der Waals surface area contributed by atoms with Gasteiger partial charge >= 0.3 is 0 Å². The Balaban J connectivity index is 2.01. The first-order chi connectivity index (χ1) is 8.60. The van der Waals surface area contributed by atoms with Gasteiger partial charge in [0.1, 0.15) is 0 Å². The van der Waals surface area contributed by atoms with Crippen molar-refractivity contribution >= 4 is 11.6 Å². The van der Waals surface area contributed by atoms with Crippen molar-refractivity contribution in [2.45, 2.75) is 19.0 Å². The summed E-state index contributed by atoms with van der Waals surface area (Å²) in [5.74, 6) is 0. The Kier molecular flexibility index (Phi) is 4.23. The van der Waals surface area contributed by atoms with Crippen molar-refractivity contribution in [3.63, 3.8) is 0 Å². The summed E-state index contributed by atoms with van der Waals surface area (Å²) in [6.07, 6.45) is 1.21. The van der Waals surface area contributed by atoms with Gasteiger partial charge in [-0.1, -0.05) is 17.7 Å². The predicted octanol–water partition coefficient (Wildman–Crippen LogP) is 2.35. The summed E-state index contributed by atoms with van der Waals surface area (Å²) in [5.41, 5.74) is 1.73. The highest BCUT2D eigenvalue weighted by atomic mass is 35.5. The normalized spacial score (nSPS) is 20.3. The molecule has 0 radical (unpaired) electrons. The molecule has 0 spiro atoms. The van der Waals surface area contributed by atoms with E-state index < -0.39 is 0 Å². The van der Waals surface area contributed by atoms with E-state index in [2.05, 4.69) is 30.0 Å². The molecule has 0 aliphatic carbocycles. The van der Waals surface area contributed by atoms with Crippen LogP contribution in [-0.2, 0) is 6.54 Å². The third-order valence-corrected chi connectivity index (χ3v) is 3.91. The minimum Gasteiger partial charge on any atom is -0.305 e. The lowest BCUT2D eigenvalue weighted by atomic mass is 10.1. The van der Waals surface area contributed by atoms with Crippen LogP contribution in [0.5, 0.6) is 0 Å². The Morgan fingerprint density at radius 2 is 2.28 bits per heavy atom. The van der Waals surface area contributed by atoms with Crippen molar-refractivity contribution in [1.82, 2.24) is 9.80 Å². The third kappa shape index (κ3) is 3.02. The van der Waals surface area contributed by atoms with Crippen LogP contribution in [-0.4, -0.2) is 43.0 Å². The number of rotatable bonds is 3. The van der Waals surface area contributed by atoms with Crippen LogP contribution in [0.1, 0.15) is 17.5 Å². The Morgan fingerprint density at radius 1 is 1.50 bits per heavy atom.